The lowest BCUT2D eigenvalue weighted by atomic mass is 10.0. The number of fused-ring (bicyclic) bond motifs is 1. The molecule has 0 saturated carbocycles. The van der Waals surface area contributed by atoms with Gasteiger partial charge in [0.15, 0.2) is 0 Å². The maximum Gasteiger partial charge on any atom is 0.322 e. The van der Waals surface area contributed by atoms with Gasteiger partial charge in [0.05, 0.1) is 4.90 Å². The van der Waals surface area contributed by atoms with Gasteiger partial charge in [-0.25, -0.2) is 8.42 Å². The second-order valence-corrected chi connectivity index (χ2v) is 9.73. The summed E-state index contributed by atoms with van der Waals surface area (Å²) in [6, 6.07) is 9.70. The molecule has 0 unspecified atom stereocenters. The van der Waals surface area contributed by atoms with E-state index < -0.39 is 22.0 Å². The van der Waals surface area contributed by atoms with Crippen molar-refractivity contribution in [1.82, 2.24) is 4.31 Å². The van der Waals surface area contributed by atoms with Crippen molar-refractivity contribution < 1.29 is 18.3 Å². The third kappa shape index (κ3) is 4.87. The Balaban J connectivity index is 2.54. The van der Waals surface area contributed by atoms with Gasteiger partial charge in [0.2, 0.25) is 10.0 Å². The lowest BCUT2D eigenvalue weighted by molar-refractivity contribution is -0.143. The van der Waals surface area contributed by atoms with Crippen molar-refractivity contribution in [2.45, 2.75) is 52.0 Å². The lowest BCUT2D eigenvalue weighted by Gasteiger charge is -2.31. The summed E-state index contributed by atoms with van der Waals surface area (Å²) in [6.07, 6.45) is 0.600. The molecule has 1 atom stereocenters. The number of carboxylic acid groups (broad SMARTS) is 1. The quantitative estimate of drug-likeness (QED) is 0.728. The SMILES string of the molecule is Cc1ccc2cc(S(=O)(=O)N(CCC(C)C)[C@@H](C(=O)O)C(C)C)ccc2c1. The molecule has 2 aromatic rings. The second kappa shape index (κ2) is 8.40. The molecular formula is C21H29NO4S. The van der Waals surface area contributed by atoms with Crippen molar-refractivity contribution in [3.8, 4) is 0 Å². The van der Waals surface area contributed by atoms with Crippen LogP contribution in [0.25, 0.3) is 10.8 Å². The van der Waals surface area contributed by atoms with Crippen LogP contribution in [-0.4, -0.2) is 36.4 Å². The van der Waals surface area contributed by atoms with E-state index in [4.69, 9.17) is 0 Å². The Morgan fingerprint density at radius 2 is 1.63 bits per heavy atom. The second-order valence-electron chi connectivity index (χ2n) is 7.84. The Bertz CT molecular complexity index is 919. The fourth-order valence-corrected chi connectivity index (χ4v) is 4.94. The van der Waals surface area contributed by atoms with Gasteiger partial charge in [-0.1, -0.05) is 57.5 Å². The molecule has 0 aliphatic heterocycles. The first-order valence-corrected chi connectivity index (χ1v) is 10.7. The summed E-state index contributed by atoms with van der Waals surface area (Å²) < 4.78 is 27.9. The molecule has 0 heterocycles. The summed E-state index contributed by atoms with van der Waals surface area (Å²) in [5, 5.41) is 11.5. The average molecular weight is 392 g/mol. The molecule has 0 saturated heterocycles. The van der Waals surface area contributed by atoms with E-state index in [1.807, 2.05) is 39.0 Å². The molecule has 0 fully saturated rings. The number of benzene rings is 2. The normalized spacial score (nSPS) is 13.6. The molecule has 27 heavy (non-hydrogen) atoms. The highest BCUT2D eigenvalue weighted by Gasteiger charge is 2.37. The van der Waals surface area contributed by atoms with Crippen LogP contribution in [-0.2, 0) is 14.8 Å². The monoisotopic (exact) mass is 391 g/mol. The van der Waals surface area contributed by atoms with Gasteiger partial charge >= 0.3 is 5.97 Å². The highest BCUT2D eigenvalue weighted by Crippen LogP contribution is 2.27. The zero-order valence-corrected chi connectivity index (χ0v) is 17.5. The number of aryl methyl sites for hydroxylation is 1. The Kier molecular flexibility index (Phi) is 6.65. The summed E-state index contributed by atoms with van der Waals surface area (Å²) >= 11 is 0. The summed E-state index contributed by atoms with van der Waals surface area (Å²) in [5.41, 5.74) is 1.10. The summed E-state index contributed by atoms with van der Waals surface area (Å²) in [6.45, 7) is 9.63. The van der Waals surface area contributed by atoms with E-state index in [0.717, 1.165) is 20.6 Å². The van der Waals surface area contributed by atoms with Gasteiger partial charge in [0, 0.05) is 6.54 Å². The van der Waals surface area contributed by atoms with Gasteiger partial charge in [0.25, 0.3) is 0 Å². The van der Waals surface area contributed by atoms with E-state index in [-0.39, 0.29) is 23.3 Å². The van der Waals surface area contributed by atoms with Crippen LogP contribution in [0.4, 0.5) is 0 Å². The van der Waals surface area contributed by atoms with Crippen LogP contribution in [0.1, 0.15) is 39.7 Å². The standard InChI is InChI=1S/C21H29NO4S/c1-14(2)10-11-22(20(15(3)4)21(23)24)27(25,26)19-9-8-17-12-16(5)6-7-18(17)13-19/h6-9,12-15,20H,10-11H2,1-5H3,(H,23,24)/t20-/m1/s1. The van der Waals surface area contributed by atoms with Crippen LogP contribution in [0.2, 0.25) is 0 Å². The summed E-state index contributed by atoms with van der Waals surface area (Å²) in [7, 11) is -3.94. The van der Waals surface area contributed by atoms with Gasteiger partial charge in [-0.3, -0.25) is 4.79 Å². The molecule has 5 nitrogen and oxygen atoms in total. The van der Waals surface area contributed by atoms with Crippen LogP contribution in [0.5, 0.6) is 0 Å². The number of carbonyl (C=O) groups is 1. The molecule has 0 aliphatic carbocycles. The van der Waals surface area contributed by atoms with E-state index in [2.05, 4.69) is 0 Å². The zero-order chi connectivity index (χ0) is 20.4. The zero-order valence-electron chi connectivity index (χ0n) is 16.6. The lowest BCUT2D eigenvalue weighted by Crippen LogP contribution is -2.48. The first-order chi connectivity index (χ1) is 12.5. The first kappa shape index (κ1) is 21.4. The Morgan fingerprint density at radius 3 is 2.19 bits per heavy atom. The molecular weight excluding hydrogens is 362 g/mol. The Morgan fingerprint density at radius 1 is 1.04 bits per heavy atom. The minimum absolute atomic E-state index is 0.134. The minimum atomic E-state index is -3.94. The van der Waals surface area contributed by atoms with Crippen LogP contribution in [0.3, 0.4) is 0 Å². The van der Waals surface area contributed by atoms with E-state index in [9.17, 15) is 18.3 Å². The van der Waals surface area contributed by atoms with E-state index in [0.29, 0.717) is 6.42 Å². The van der Waals surface area contributed by atoms with Crippen LogP contribution in [0.15, 0.2) is 41.3 Å². The van der Waals surface area contributed by atoms with Gasteiger partial charge in [-0.05, 0) is 48.1 Å². The van der Waals surface area contributed by atoms with Crippen molar-refractivity contribution in [2.24, 2.45) is 11.8 Å². The molecule has 148 valence electrons. The maximum absolute atomic E-state index is 13.4. The predicted molar refractivity (Wildman–Crippen MR) is 108 cm³/mol. The maximum atomic E-state index is 13.4. The Hall–Kier alpha value is -1.92. The van der Waals surface area contributed by atoms with E-state index in [1.54, 1.807) is 32.0 Å². The largest absolute Gasteiger partial charge is 0.480 e. The van der Waals surface area contributed by atoms with Crippen LogP contribution in [0, 0.1) is 18.8 Å². The fourth-order valence-electron chi connectivity index (χ4n) is 3.17. The summed E-state index contributed by atoms with van der Waals surface area (Å²) in [4.78, 5) is 12.0. The van der Waals surface area contributed by atoms with Crippen molar-refractivity contribution >= 4 is 26.8 Å². The highest BCUT2D eigenvalue weighted by atomic mass is 32.2. The molecule has 0 bridgehead atoms. The Labute approximate surface area is 162 Å². The topological polar surface area (TPSA) is 74.7 Å². The molecule has 0 aromatic heterocycles. The van der Waals surface area contributed by atoms with Crippen molar-refractivity contribution in [3.05, 3.63) is 42.0 Å². The van der Waals surface area contributed by atoms with Gasteiger partial charge < -0.3 is 5.11 Å². The molecule has 2 rings (SSSR count). The number of hydrogen-bond donors (Lipinski definition) is 1. The third-order valence-electron chi connectivity index (χ3n) is 4.70. The molecule has 0 radical (unpaired) electrons. The highest BCUT2D eigenvalue weighted by molar-refractivity contribution is 7.89. The van der Waals surface area contributed by atoms with E-state index in [1.165, 1.54) is 0 Å². The molecule has 1 N–H and O–H groups in total. The summed E-state index contributed by atoms with van der Waals surface area (Å²) in [5.74, 6) is -1.19. The van der Waals surface area contributed by atoms with Crippen molar-refractivity contribution in [2.75, 3.05) is 6.54 Å². The number of aliphatic carboxylic acids is 1. The molecule has 0 aliphatic rings. The van der Waals surface area contributed by atoms with Crippen molar-refractivity contribution in [1.29, 1.82) is 0 Å². The van der Waals surface area contributed by atoms with E-state index >= 15 is 0 Å². The van der Waals surface area contributed by atoms with Crippen LogP contribution < -0.4 is 0 Å². The number of nitrogens with zero attached hydrogens (tertiary/aromatic N) is 1. The molecule has 6 heteroatoms. The predicted octanol–water partition coefficient (Wildman–Crippen LogP) is 4.29. The molecule has 0 spiro atoms. The number of carboxylic acids is 1. The molecule has 0 amide bonds. The smallest absolute Gasteiger partial charge is 0.322 e. The van der Waals surface area contributed by atoms with Crippen LogP contribution >= 0.6 is 0 Å². The number of sulfonamides is 1. The van der Waals surface area contributed by atoms with Gasteiger partial charge in [-0.2, -0.15) is 4.31 Å². The van der Waals surface area contributed by atoms with Gasteiger partial charge in [-0.15, -0.1) is 0 Å². The third-order valence-corrected chi connectivity index (χ3v) is 6.57. The average Bonchev–Trinajstić information content (AvgIpc) is 2.56. The van der Waals surface area contributed by atoms with Crippen molar-refractivity contribution in [3.63, 3.8) is 0 Å². The number of rotatable bonds is 8. The first-order valence-electron chi connectivity index (χ1n) is 9.29. The minimum Gasteiger partial charge on any atom is -0.480 e. The molecule has 2 aromatic carbocycles. The van der Waals surface area contributed by atoms with Gasteiger partial charge in [0.1, 0.15) is 6.04 Å². The number of hydrogen-bond acceptors (Lipinski definition) is 3. The fraction of sp³-hybridized carbons (Fsp3) is 0.476.